The van der Waals surface area contributed by atoms with E-state index in [1.54, 1.807) is 0 Å². The lowest BCUT2D eigenvalue weighted by Gasteiger charge is -2.19. The molecule has 6 nitrogen and oxygen atoms in total. The average Bonchev–Trinajstić information content (AvgIpc) is 2.47. The molecule has 6 heteroatoms. The molecule has 0 aliphatic heterocycles. The molecule has 0 aromatic rings. The fraction of sp³-hybridized carbons (Fsp3) is 0.857. The Kier molecular flexibility index (Phi) is 9.16. The van der Waals surface area contributed by atoms with Gasteiger partial charge in [-0.05, 0) is 11.8 Å². The molecule has 6 N–H and O–H groups in total. The van der Waals surface area contributed by atoms with Crippen LogP contribution in [0, 0.1) is 11.8 Å². The Morgan fingerprint density at radius 2 is 1.15 bits per heavy atom. The Balaban J connectivity index is 3.92. The number of hydrogen-bond donors (Lipinski definition) is 4. The van der Waals surface area contributed by atoms with Gasteiger partial charge in [-0.1, -0.05) is 40.5 Å². The highest BCUT2D eigenvalue weighted by Gasteiger charge is 2.20. The van der Waals surface area contributed by atoms with Crippen LogP contribution in [0.3, 0.4) is 0 Å². The standard InChI is InChI=1S/C14H30N4O2/c1-5-9(3)11(15)13(19)17-7-8-18-14(20)12(16)10(4)6-2/h9-12H,5-8,15-16H2,1-4H3,(H,17,19)(H,18,20)/t9-,10-,11-,12-/m0/s1. The van der Waals surface area contributed by atoms with Crippen molar-refractivity contribution in [3.8, 4) is 0 Å². The molecule has 0 aromatic carbocycles. The molecule has 0 unspecified atom stereocenters. The second-order valence-electron chi connectivity index (χ2n) is 5.40. The molecule has 2 amide bonds. The first kappa shape index (κ1) is 18.9. The van der Waals surface area contributed by atoms with Crippen molar-refractivity contribution in [1.82, 2.24) is 10.6 Å². The Morgan fingerprint density at radius 1 is 0.850 bits per heavy atom. The molecule has 0 aliphatic carbocycles. The highest BCUT2D eigenvalue weighted by atomic mass is 16.2. The molecular weight excluding hydrogens is 256 g/mol. The molecule has 0 rings (SSSR count). The third kappa shape index (κ3) is 6.34. The lowest BCUT2D eigenvalue weighted by atomic mass is 9.99. The molecule has 0 aliphatic rings. The van der Waals surface area contributed by atoms with E-state index >= 15 is 0 Å². The zero-order valence-corrected chi connectivity index (χ0v) is 13.1. The van der Waals surface area contributed by atoms with Crippen molar-refractivity contribution in [3.63, 3.8) is 0 Å². The van der Waals surface area contributed by atoms with Crippen LogP contribution in [0.25, 0.3) is 0 Å². The normalized spacial score (nSPS) is 16.9. The van der Waals surface area contributed by atoms with E-state index in [-0.39, 0.29) is 23.7 Å². The van der Waals surface area contributed by atoms with E-state index in [0.29, 0.717) is 13.1 Å². The van der Waals surface area contributed by atoms with Gasteiger partial charge in [-0.3, -0.25) is 9.59 Å². The number of nitrogens with two attached hydrogens (primary N) is 2. The van der Waals surface area contributed by atoms with Gasteiger partial charge in [0.25, 0.3) is 0 Å². The monoisotopic (exact) mass is 286 g/mol. The number of hydrogen-bond acceptors (Lipinski definition) is 4. The number of carbonyl (C=O) groups excluding carboxylic acids is 2. The summed E-state index contributed by atoms with van der Waals surface area (Å²) in [5.41, 5.74) is 11.6. The van der Waals surface area contributed by atoms with Crippen molar-refractivity contribution in [2.24, 2.45) is 23.3 Å². The fourth-order valence-electron chi connectivity index (χ4n) is 1.63. The van der Waals surface area contributed by atoms with Crippen LogP contribution in [0.2, 0.25) is 0 Å². The smallest absolute Gasteiger partial charge is 0.237 e. The first-order valence-electron chi connectivity index (χ1n) is 7.41. The zero-order valence-electron chi connectivity index (χ0n) is 13.1. The zero-order chi connectivity index (χ0) is 15.7. The maximum absolute atomic E-state index is 11.7. The number of nitrogens with one attached hydrogen (secondary N) is 2. The van der Waals surface area contributed by atoms with Gasteiger partial charge in [0.15, 0.2) is 0 Å². The summed E-state index contributed by atoms with van der Waals surface area (Å²) in [5, 5.41) is 5.43. The van der Waals surface area contributed by atoms with Crippen LogP contribution in [-0.4, -0.2) is 37.0 Å². The van der Waals surface area contributed by atoms with Gasteiger partial charge >= 0.3 is 0 Å². The molecule has 0 spiro atoms. The van der Waals surface area contributed by atoms with E-state index in [1.807, 2.05) is 27.7 Å². The highest BCUT2D eigenvalue weighted by molar-refractivity contribution is 5.82. The molecule has 0 saturated carbocycles. The molecule has 0 bridgehead atoms. The average molecular weight is 286 g/mol. The van der Waals surface area contributed by atoms with Gasteiger partial charge in [0.05, 0.1) is 12.1 Å². The van der Waals surface area contributed by atoms with E-state index < -0.39 is 12.1 Å². The second-order valence-corrected chi connectivity index (χ2v) is 5.40. The molecule has 0 heterocycles. The predicted molar refractivity (Wildman–Crippen MR) is 80.9 cm³/mol. The molecule has 0 fully saturated rings. The van der Waals surface area contributed by atoms with Gasteiger partial charge in [-0.15, -0.1) is 0 Å². The van der Waals surface area contributed by atoms with Crippen LogP contribution in [0.5, 0.6) is 0 Å². The largest absolute Gasteiger partial charge is 0.353 e. The molecule has 4 atom stereocenters. The van der Waals surface area contributed by atoms with Crippen LogP contribution < -0.4 is 22.1 Å². The van der Waals surface area contributed by atoms with Crippen LogP contribution in [0.4, 0.5) is 0 Å². The van der Waals surface area contributed by atoms with Crippen molar-refractivity contribution < 1.29 is 9.59 Å². The lowest BCUT2D eigenvalue weighted by molar-refractivity contribution is -0.125. The molecular formula is C14H30N4O2. The van der Waals surface area contributed by atoms with Gasteiger partial charge in [-0.25, -0.2) is 0 Å². The third-order valence-electron chi connectivity index (χ3n) is 3.84. The van der Waals surface area contributed by atoms with E-state index in [9.17, 15) is 9.59 Å². The number of rotatable bonds is 9. The first-order valence-corrected chi connectivity index (χ1v) is 7.41. The van der Waals surface area contributed by atoms with Crippen LogP contribution in [-0.2, 0) is 9.59 Å². The lowest BCUT2D eigenvalue weighted by Crippen LogP contribution is -2.49. The minimum atomic E-state index is -0.502. The second kappa shape index (κ2) is 9.72. The summed E-state index contributed by atoms with van der Waals surface area (Å²) in [6, 6.07) is -1.00. The number of amides is 2. The van der Waals surface area contributed by atoms with Crippen molar-refractivity contribution in [2.45, 2.75) is 52.6 Å². The predicted octanol–water partition coefficient (Wildman–Crippen LogP) is -0.0344. The van der Waals surface area contributed by atoms with Crippen LogP contribution in [0.15, 0.2) is 0 Å². The van der Waals surface area contributed by atoms with Gasteiger partial charge in [0, 0.05) is 13.1 Å². The van der Waals surface area contributed by atoms with E-state index in [0.717, 1.165) is 12.8 Å². The fourth-order valence-corrected chi connectivity index (χ4v) is 1.63. The summed E-state index contributed by atoms with van der Waals surface area (Å²) in [6.07, 6.45) is 1.71. The summed E-state index contributed by atoms with van der Waals surface area (Å²) in [5.74, 6) is -0.0773. The Labute approximate surface area is 122 Å². The van der Waals surface area contributed by atoms with Crippen LogP contribution in [0.1, 0.15) is 40.5 Å². The molecule has 0 saturated heterocycles. The molecule has 0 radical (unpaired) electrons. The summed E-state index contributed by atoms with van der Waals surface area (Å²) in [6.45, 7) is 8.60. The van der Waals surface area contributed by atoms with E-state index in [2.05, 4.69) is 10.6 Å². The Morgan fingerprint density at radius 3 is 1.40 bits per heavy atom. The first-order chi connectivity index (χ1) is 9.34. The molecule has 118 valence electrons. The quantitative estimate of drug-likeness (QED) is 0.446. The minimum Gasteiger partial charge on any atom is -0.353 e. The van der Waals surface area contributed by atoms with Crippen molar-refractivity contribution in [3.05, 3.63) is 0 Å². The number of carbonyl (C=O) groups is 2. The maximum atomic E-state index is 11.7. The van der Waals surface area contributed by atoms with Gasteiger partial charge in [-0.2, -0.15) is 0 Å². The topological polar surface area (TPSA) is 110 Å². The van der Waals surface area contributed by atoms with E-state index in [4.69, 9.17) is 11.5 Å². The van der Waals surface area contributed by atoms with E-state index in [1.165, 1.54) is 0 Å². The van der Waals surface area contributed by atoms with Gasteiger partial charge in [0.1, 0.15) is 0 Å². The maximum Gasteiger partial charge on any atom is 0.237 e. The van der Waals surface area contributed by atoms with Gasteiger partial charge < -0.3 is 22.1 Å². The summed E-state index contributed by atoms with van der Waals surface area (Å²) >= 11 is 0. The van der Waals surface area contributed by atoms with Crippen LogP contribution >= 0.6 is 0 Å². The summed E-state index contributed by atoms with van der Waals surface area (Å²) < 4.78 is 0. The van der Waals surface area contributed by atoms with Crippen molar-refractivity contribution in [1.29, 1.82) is 0 Å². The third-order valence-corrected chi connectivity index (χ3v) is 3.84. The Bertz CT molecular complexity index is 280. The molecule has 0 aromatic heterocycles. The summed E-state index contributed by atoms with van der Waals surface area (Å²) in [7, 11) is 0. The SMILES string of the molecule is CC[C@H](C)[C@H](N)C(=O)NCCNC(=O)[C@@H](N)[C@@H](C)CC. The Hall–Kier alpha value is -1.14. The van der Waals surface area contributed by atoms with Crippen molar-refractivity contribution in [2.75, 3.05) is 13.1 Å². The summed E-state index contributed by atoms with van der Waals surface area (Å²) in [4.78, 5) is 23.4. The van der Waals surface area contributed by atoms with Gasteiger partial charge in [0.2, 0.25) is 11.8 Å². The molecule has 20 heavy (non-hydrogen) atoms. The van der Waals surface area contributed by atoms with Crippen molar-refractivity contribution >= 4 is 11.8 Å². The minimum absolute atomic E-state index is 0.142. The highest BCUT2D eigenvalue weighted by Crippen LogP contribution is 2.05.